The number of nitrogens with two attached hydrogens (primary N) is 1. The van der Waals surface area contributed by atoms with Crippen LogP contribution in [0.25, 0.3) is 0 Å². The van der Waals surface area contributed by atoms with Gasteiger partial charge in [-0.05, 0) is 39.5 Å². The molecule has 0 aromatic carbocycles. The van der Waals surface area contributed by atoms with E-state index < -0.39 is 0 Å². The van der Waals surface area contributed by atoms with Gasteiger partial charge >= 0.3 is 0 Å². The Balaban J connectivity index is 0.000000171. The highest BCUT2D eigenvalue weighted by atomic mass is 35.5. The first-order chi connectivity index (χ1) is 13.8. The summed E-state index contributed by atoms with van der Waals surface area (Å²) in [6.07, 6.45) is 10.4. The number of aromatic nitrogens is 4. The maximum absolute atomic E-state index is 5.84. The summed E-state index contributed by atoms with van der Waals surface area (Å²) < 4.78 is 0. The SMILES string of the molecule is Cc1nc(Cl)cc(Cl)n1.Cc1nc(Cl)cc(NC2CCCC2)n1.NC1CCCC1. The first-order valence-electron chi connectivity index (χ1n) is 10.0. The second-order valence-corrected chi connectivity index (χ2v) is 8.52. The predicted molar refractivity (Wildman–Crippen MR) is 121 cm³/mol. The molecule has 0 bridgehead atoms. The van der Waals surface area contributed by atoms with E-state index in [1.165, 1.54) is 57.4 Å². The summed E-state index contributed by atoms with van der Waals surface area (Å²) in [5.74, 6) is 2.17. The molecule has 0 saturated heterocycles. The van der Waals surface area contributed by atoms with Gasteiger partial charge in [-0.25, -0.2) is 19.9 Å². The minimum Gasteiger partial charge on any atom is -0.367 e. The topological polar surface area (TPSA) is 89.6 Å². The minimum atomic E-state index is 0.382. The molecule has 0 aliphatic heterocycles. The quantitative estimate of drug-likeness (QED) is 0.554. The number of nitrogens with one attached hydrogen (secondary N) is 1. The van der Waals surface area contributed by atoms with Crippen LogP contribution in [0.2, 0.25) is 15.5 Å². The molecule has 2 fully saturated rings. The average Bonchev–Trinajstić information content (AvgIpc) is 3.27. The molecule has 9 heteroatoms. The Labute approximate surface area is 188 Å². The molecule has 29 heavy (non-hydrogen) atoms. The fourth-order valence-corrected chi connectivity index (χ4v) is 4.07. The molecule has 4 rings (SSSR count). The van der Waals surface area contributed by atoms with Gasteiger partial charge in [0.15, 0.2) is 0 Å². The second-order valence-electron chi connectivity index (χ2n) is 7.35. The number of halogens is 3. The molecule has 0 amide bonds. The molecule has 0 unspecified atom stereocenters. The van der Waals surface area contributed by atoms with E-state index in [0.29, 0.717) is 33.4 Å². The van der Waals surface area contributed by atoms with Crippen molar-refractivity contribution in [3.8, 4) is 0 Å². The molecular formula is C20H29Cl3N6. The Morgan fingerprint density at radius 2 is 1.21 bits per heavy atom. The molecule has 2 aliphatic carbocycles. The summed E-state index contributed by atoms with van der Waals surface area (Å²) in [6.45, 7) is 3.59. The first-order valence-corrected chi connectivity index (χ1v) is 11.1. The first kappa shape index (κ1) is 24.1. The van der Waals surface area contributed by atoms with Crippen molar-refractivity contribution in [2.45, 2.75) is 77.3 Å². The van der Waals surface area contributed by atoms with Crippen molar-refractivity contribution in [2.75, 3.05) is 5.32 Å². The fourth-order valence-electron chi connectivity index (χ4n) is 3.34. The molecule has 0 radical (unpaired) electrons. The van der Waals surface area contributed by atoms with Crippen LogP contribution in [-0.2, 0) is 0 Å². The van der Waals surface area contributed by atoms with E-state index in [1.807, 2.05) is 6.92 Å². The monoisotopic (exact) mass is 458 g/mol. The molecule has 2 aromatic heterocycles. The molecule has 2 aromatic rings. The number of anilines is 1. The van der Waals surface area contributed by atoms with Gasteiger partial charge in [0.05, 0.1) is 0 Å². The number of rotatable bonds is 2. The van der Waals surface area contributed by atoms with Crippen LogP contribution >= 0.6 is 34.8 Å². The second kappa shape index (κ2) is 12.5. The lowest BCUT2D eigenvalue weighted by Gasteiger charge is -2.12. The average molecular weight is 460 g/mol. The summed E-state index contributed by atoms with van der Waals surface area (Å²) in [5.41, 5.74) is 5.53. The van der Waals surface area contributed by atoms with E-state index in [-0.39, 0.29) is 0 Å². The normalized spacial score (nSPS) is 16.6. The summed E-state index contributed by atoms with van der Waals surface area (Å²) in [4.78, 5) is 15.9. The summed E-state index contributed by atoms with van der Waals surface area (Å²) in [5, 5.41) is 4.66. The van der Waals surface area contributed by atoms with Gasteiger partial charge in [-0.2, -0.15) is 0 Å². The minimum absolute atomic E-state index is 0.382. The van der Waals surface area contributed by atoms with Crippen molar-refractivity contribution in [1.29, 1.82) is 0 Å². The third kappa shape index (κ3) is 9.90. The van der Waals surface area contributed by atoms with Crippen molar-refractivity contribution in [3.05, 3.63) is 39.2 Å². The van der Waals surface area contributed by atoms with Gasteiger partial charge in [0.2, 0.25) is 0 Å². The molecule has 6 nitrogen and oxygen atoms in total. The van der Waals surface area contributed by atoms with Gasteiger partial charge in [-0.15, -0.1) is 0 Å². The van der Waals surface area contributed by atoms with Crippen LogP contribution in [0.5, 0.6) is 0 Å². The standard InChI is InChI=1S/C10H14ClN3.C5H4Cl2N2.C5H11N/c1-7-12-9(11)6-10(13-7)14-8-4-2-3-5-8;1-3-8-4(6)2-5(7)9-3;6-5-3-1-2-4-5/h6,8H,2-5H2,1H3,(H,12,13,14);2H,1H3;5H,1-4,6H2. The number of hydrogen-bond donors (Lipinski definition) is 2. The summed E-state index contributed by atoms with van der Waals surface area (Å²) in [6, 6.07) is 4.40. The van der Waals surface area contributed by atoms with Crippen LogP contribution < -0.4 is 11.1 Å². The smallest absolute Gasteiger partial charge is 0.134 e. The summed E-state index contributed by atoms with van der Waals surface area (Å²) >= 11 is 16.9. The maximum Gasteiger partial charge on any atom is 0.134 e. The zero-order valence-electron chi connectivity index (χ0n) is 17.0. The van der Waals surface area contributed by atoms with E-state index in [1.54, 1.807) is 13.0 Å². The largest absolute Gasteiger partial charge is 0.367 e. The van der Waals surface area contributed by atoms with Gasteiger partial charge in [-0.3, -0.25) is 0 Å². The predicted octanol–water partition coefficient (Wildman–Crippen LogP) is 5.77. The van der Waals surface area contributed by atoms with Gasteiger partial charge < -0.3 is 11.1 Å². The van der Waals surface area contributed by atoms with Crippen molar-refractivity contribution in [3.63, 3.8) is 0 Å². The van der Waals surface area contributed by atoms with Crippen LogP contribution in [0.15, 0.2) is 12.1 Å². The molecule has 160 valence electrons. The van der Waals surface area contributed by atoms with E-state index >= 15 is 0 Å². The Bertz CT molecular complexity index is 691. The Morgan fingerprint density at radius 3 is 1.62 bits per heavy atom. The molecule has 0 spiro atoms. The van der Waals surface area contributed by atoms with Crippen LogP contribution in [-0.4, -0.2) is 32.0 Å². The van der Waals surface area contributed by atoms with Crippen molar-refractivity contribution in [2.24, 2.45) is 5.73 Å². The zero-order chi connectivity index (χ0) is 21.2. The molecule has 2 heterocycles. The summed E-state index contributed by atoms with van der Waals surface area (Å²) in [7, 11) is 0. The molecular weight excluding hydrogens is 431 g/mol. The highest BCUT2D eigenvalue weighted by molar-refractivity contribution is 6.33. The third-order valence-corrected chi connectivity index (χ3v) is 5.27. The van der Waals surface area contributed by atoms with Gasteiger partial charge in [-0.1, -0.05) is 60.5 Å². The number of nitrogens with zero attached hydrogens (tertiary/aromatic N) is 4. The lowest BCUT2D eigenvalue weighted by molar-refractivity contribution is 0.704. The molecule has 2 saturated carbocycles. The fraction of sp³-hybridized carbons (Fsp3) is 0.600. The van der Waals surface area contributed by atoms with E-state index in [0.717, 1.165) is 11.6 Å². The van der Waals surface area contributed by atoms with E-state index in [4.69, 9.17) is 40.5 Å². The molecule has 3 N–H and O–H groups in total. The highest BCUT2D eigenvalue weighted by Gasteiger charge is 2.15. The van der Waals surface area contributed by atoms with Crippen LogP contribution in [0.4, 0.5) is 5.82 Å². The number of hydrogen-bond acceptors (Lipinski definition) is 6. The van der Waals surface area contributed by atoms with Crippen molar-refractivity contribution >= 4 is 40.6 Å². The number of aryl methyl sites for hydroxylation is 2. The van der Waals surface area contributed by atoms with Crippen molar-refractivity contribution in [1.82, 2.24) is 19.9 Å². The van der Waals surface area contributed by atoms with Crippen LogP contribution in [0.1, 0.15) is 63.0 Å². The zero-order valence-corrected chi connectivity index (χ0v) is 19.2. The van der Waals surface area contributed by atoms with Gasteiger partial charge in [0.25, 0.3) is 0 Å². The lowest BCUT2D eigenvalue weighted by atomic mass is 10.2. The molecule has 2 aliphatic rings. The third-order valence-electron chi connectivity index (χ3n) is 4.69. The molecule has 0 atom stereocenters. The van der Waals surface area contributed by atoms with E-state index in [2.05, 4.69) is 25.3 Å². The highest BCUT2D eigenvalue weighted by Crippen LogP contribution is 2.22. The van der Waals surface area contributed by atoms with Gasteiger partial charge in [0.1, 0.15) is 32.9 Å². The van der Waals surface area contributed by atoms with E-state index in [9.17, 15) is 0 Å². The Hall–Kier alpha value is -1.21. The van der Waals surface area contributed by atoms with Gasteiger partial charge in [0, 0.05) is 24.2 Å². The Morgan fingerprint density at radius 1 is 0.759 bits per heavy atom. The van der Waals surface area contributed by atoms with Crippen LogP contribution in [0, 0.1) is 13.8 Å². The Kier molecular flexibility index (Phi) is 10.4. The van der Waals surface area contributed by atoms with Crippen LogP contribution in [0.3, 0.4) is 0 Å². The van der Waals surface area contributed by atoms with Crippen molar-refractivity contribution < 1.29 is 0 Å². The maximum atomic E-state index is 5.84. The lowest BCUT2D eigenvalue weighted by Crippen LogP contribution is -2.15.